The molecule has 0 aliphatic carbocycles. The number of amides is 1. The molecule has 0 fully saturated rings. The lowest BCUT2D eigenvalue weighted by atomic mass is 9.97. The van der Waals surface area contributed by atoms with Crippen molar-refractivity contribution >= 4 is 5.91 Å². The predicted octanol–water partition coefficient (Wildman–Crippen LogP) is 2.22. The van der Waals surface area contributed by atoms with E-state index in [0.29, 0.717) is 37.0 Å². The van der Waals surface area contributed by atoms with Gasteiger partial charge in [-0.15, -0.1) is 0 Å². The Labute approximate surface area is 145 Å². The van der Waals surface area contributed by atoms with Gasteiger partial charge in [-0.05, 0) is 29.7 Å². The summed E-state index contributed by atoms with van der Waals surface area (Å²) in [5.74, 6) is 1.93. The van der Waals surface area contributed by atoms with Gasteiger partial charge in [0.2, 0.25) is 6.79 Å². The second-order valence-electron chi connectivity index (χ2n) is 5.85. The van der Waals surface area contributed by atoms with E-state index in [2.05, 4.69) is 5.32 Å². The van der Waals surface area contributed by atoms with Crippen molar-refractivity contribution in [2.45, 2.75) is 12.5 Å². The van der Waals surface area contributed by atoms with Gasteiger partial charge in [0.25, 0.3) is 5.91 Å². The van der Waals surface area contributed by atoms with Crippen LogP contribution in [0.1, 0.15) is 17.2 Å². The maximum Gasteiger partial charge on any atom is 0.253 e. The summed E-state index contributed by atoms with van der Waals surface area (Å²) in [4.78, 5) is 12.4. The van der Waals surface area contributed by atoms with Gasteiger partial charge in [0.05, 0.1) is 13.2 Å². The molecule has 0 spiro atoms. The quantitative estimate of drug-likeness (QED) is 0.845. The molecule has 0 bridgehead atoms. The maximum absolute atomic E-state index is 12.4. The molecule has 25 heavy (non-hydrogen) atoms. The second-order valence-corrected chi connectivity index (χ2v) is 5.85. The van der Waals surface area contributed by atoms with Crippen LogP contribution in [-0.2, 0) is 16.0 Å². The molecule has 130 valence electrons. The van der Waals surface area contributed by atoms with Crippen LogP contribution in [0.4, 0.5) is 0 Å². The molecule has 6 nitrogen and oxygen atoms in total. The molecular weight excluding hydrogens is 322 g/mol. The Kier molecular flexibility index (Phi) is 4.43. The Morgan fingerprint density at radius 2 is 2.04 bits per heavy atom. The number of carbonyl (C=O) groups is 1. The topological polar surface area (TPSA) is 66.0 Å². The van der Waals surface area contributed by atoms with Crippen molar-refractivity contribution in [3.63, 3.8) is 0 Å². The summed E-state index contributed by atoms with van der Waals surface area (Å²) in [5.41, 5.74) is 2.12. The largest absolute Gasteiger partial charge is 0.492 e. The molecule has 1 N–H and O–H groups in total. The summed E-state index contributed by atoms with van der Waals surface area (Å²) >= 11 is 0. The summed E-state index contributed by atoms with van der Waals surface area (Å²) in [6.45, 7) is 1.55. The third-order valence-corrected chi connectivity index (χ3v) is 4.25. The third-order valence-electron chi connectivity index (χ3n) is 4.25. The Bertz CT molecular complexity index is 776. The molecule has 2 aromatic carbocycles. The smallest absolute Gasteiger partial charge is 0.253 e. The molecule has 0 aromatic heterocycles. The van der Waals surface area contributed by atoms with Crippen LogP contribution in [-0.4, -0.2) is 32.5 Å². The first-order valence-electron chi connectivity index (χ1n) is 8.31. The van der Waals surface area contributed by atoms with E-state index in [1.54, 1.807) is 6.07 Å². The average molecular weight is 341 g/mol. The van der Waals surface area contributed by atoms with E-state index in [9.17, 15) is 4.79 Å². The van der Waals surface area contributed by atoms with Crippen molar-refractivity contribution < 1.29 is 23.7 Å². The molecule has 6 heteroatoms. The van der Waals surface area contributed by atoms with Crippen molar-refractivity contribution in [3.8, 4) is 17.2 Å². The SMILES string of the molecule is O=C(NCCOc1ccc2c(c1)OCO2)C1OCCc2ccccc21. The van der Waals surface area contributed by atoms with Crippen LogP contribution >= 0.6 is 0 Å². The van der Waals surface area contributed by atoms with E-state index in [-0.39, 0.29) is 12.7 Å². The highest BCUT2D eigenvalue weighted by molar-refractivity contribution is 5.82. The highest BCUT2D eigenvalue weighted by Crippen LogP contribution is 2.35. The zero-order chi connectivity index (χ0) is 17.1. The van der Waals surface area contributed by atoms with Gasteiger partial charge in [-0.3, -0.25) is 4.79 Å². The van der Waals surface area contributed by atoms with Crippen LogP contribution in [0.3, 0.4) is 0 Å². The normalized spacial score (nSPS) is 17.7. The molecule has 0 saturated carbocycles. The molecule has 4 rings (SSSR count). The number of nitrogens with one attached hydrogen (secondary N) is 1. The first kappa shape index (κ1) is 15.8. The van der Waals surface area contributed by atoms with Gasteiger partial charge >= 0.3 is 0 Å². The zero-order valence-electron chi connectivity index (χ0n) is 13.7. The fourth-order valence-corrected chi connectivity index (χ4v) is 3.01. The number of ether oxygens (including phenoxy) is 4. The van der Waals surface area contributed by atoms with Crippen LogP contribution in [0.2, 0.25) is 0 Å². The highest BCUT2D eigenvalue weighted by atomic mass is 16.7. The van der Waals surface area contributed by atoms with Gasteiger partial charge in [0.1, 0.15) is 12.4 Å². The zero-order valence-corrected chi connectivity index (χ0v) is 13.7. The Morgan fingerprint density at radius 1 is 1.16 bits per heavy atom. The van der Waals surface area contributed by atoms with Gasteiger partial charge < -0.3 is 24.3 Å². The van der Waals surface area contributed by atoms with Gasteiger partial charge in [-0.2, -0.15) is 0 Å². The van der Waals surface area contributed by atoms with E-state index in [0.717, 1.165) is 12.0 Å². The minimum absolute atomic E-state index is 0.138. The molecule has 1 atom stereocenters. The fourth-order valence-electron chi connectivity index (χ4n) is 3.01. The Morgan fingerprint density at radius 3 is 3.00 bits per heavy atom. The van der Waals surface area contributed by atoms with Crippen LogP contribution < -0.4 is 19.5 Å². The lowest BCUT2D eigenvalue weighted by Crippen LogP contribution is -2.35. The van der Waals surface area contributed by atoms with Crippen molar-refractivity contribution in [3.05, 3.63) is 53.6 Å². The van der Waals surface area contributed by atoms with Gasteiger partial charge in [-0.25, -0.2) is 0 Å². The van der Waals surface area contributed by atoms with Crippen LogP contribution in [0.15, 0.2) is 42.5 Å². The number of hydrogen-bond donors (Lipinski definition) is 1. The summed E-state index contributed by atoms with van der Waals surface area (Å²) in [5, 5.41) is 2.87. The van der Waals surface area contributed by atoms with E-state index < -0.39 is 6.10 Å². The molecule has 0 radical (unpaired) electrons. The predicted molar refractivity (Wildman–Crippen MR) is 89.9 cm³/mol. The summed E-state index contributed by atoms with van der Waals surface area (Å²) in [7, 11) is 0. The lowest BCUT2D eigenvalue weighted by molar-refractivity contribution is -0.134. The fraction of sp³-hybridized carbons (Fsp3) is 0.316. The standard InChI is InChI=1S/C19H19NO5/c21-19(18-15-4-2-1-3-13(15)7-9-23-18)20-8-10-22-14-5-6-16-17(11-14)25-12-24-16/h1-6,11,18H,7-10,12H2,(H,20,21). The molecule has 2 heterocycles. The van der Waals surface area contributed by atoms with E-state index in [1.165, 1.54) is 5.56 Å². The van der Waals surface area contributed by atoms with Gasteiger partial charge in [-0.1, -0.05) is 24.3 Å². The van der Waals surface area contributed by atoms with E-state index >= 15 is 0 Å². The van der Waals surface area contributed by atoms with Crippen molar-refractivity contribution in [2.75, 3.05) is 26.6 Å². The van der Waals surface area contributed by atoms with Crippen LogP contribution in [0, 0.1) is 0 Å². The molecule has 0 saturated heterocycles. The minimum atomic E-state index is -0.546. The molecule has 1 amide bonds. The monoisotopic (exact) mass is 341 g/mol. The summed E-state index contributed by atoms with van der Waals surface area (Å²) in [6, 6.07) is 13.3. The van der Waals surface area contributed by atoms with Crippen molar-refractivity contribution in [1.29, 1.82) is 0 Å². The number of rotatable bonds is 5. The molecular formula is C19H19NO5. The molecule has 2 aromatic rings. The molecule has 2 aliphatic heterocycles. The lowest BCUT2D eigenvalue weighted by Gasteiger charge is -2.25. The molecule has 1 unspecified atom stereocenters. The second kappa shape index (κ2) is 7.03. The Hall–Kier alpha value is -2.73. The number of benzene rings is 2. The average Bonchev–Trinajstić information content (AvgIpc) is 3.12. The van der Waals surface area contributed by atoms with Crippen LogP contribution in [0.5, 0.6) is 17.2 Å². The Balaban J connectivity index is 1.28. The number of hydrogen-bond acceptors (Lipinski definition) is 5. The maximum atomic E-state index is 12.4. The first-order chi connectivity index (χ1) is 12.3. The van der Waals surface area contributed by atoms with Gasteiger partial charge in [0, 0.05) is 6.07 Å². The number of fused-ring (bicyclic) bond motifs is 2. The summed E-state index contributed by atoms with van der Waals surface area (Å²) in [6.07, 6.45) is 0.295. The van der Waals surface area contributed by atoms with Gasteiger partial charge in [0.15, 0.2) is 17.6 Å². The molecule has 2 aliphatic rings. The van der Waals surface area contributed by atoms with E-state index in [4.69, 9.17) is 18.9 Å². The van der Waals surface area contributed by atoms with Crippen molar-refractivity contribution in [1.82, 2.24) is 5.32 Å². The number of carbonyl (C=O) groups excluding carboxylic acids is 1. The minimum Gasteiger partial charge on any atom is -0.492 e. The third kappa shape index (κ3) is 3.39. The van der Waals surface area contributed by atoms with Crippen molar-refractivity contribution in [2.24, 2.45) is 0 Å². The van der Waals surface area contributed by atoms with Crippen LogP contribution in [0.25, 0.3) is 0 Å². The summed E-state index contributed by atoms with van der Waals surface area (Å²) < 4.78 is 21.9. The highest BCUT2D eigenvalue weighted by Gasteiger charge is 2.26. The first-order valence-corrected chi connectivity index (χ1v) is 8.31. The van der Waals surface area contributed by atoms with E-state index in [1.807, 2.05) is 36.4 Å².